The average Bonchev–Trinajstić information content (AvgIpc) is 2.76. The first-order valence-electron chi connectivity index (χ1n) is 9.23. The topological polar surface area (TPSA) is 107 Å². The van der Waals surface area contributed by atoms with Gasteiger partial charge in [0.25, 0.3) is 0 Å². The van der Waals surface area contributed by atoms with E-state index in [1.807, 2.05) is 0 Å². The minimum absolute atomic E-state index is 0.0507. The van der Waals surface area contributed by atoms with Gasteiger partial charge < -0.3 is 28.4 Å². The molecule has 0 unspecified atom stereocenters. The summed E-state index contributed by atoms with van der Waals surface area (Å²) in [6, 6.07) is 4.14. The van der Waals surface area contributed by atoms with Gasteiger partial charge in [0.15, 0.2) is 0 Å². The summed E-state index contributed by atoms with van der Waals surface area (Å²) in [6.45, 7) is 9.18. The van der Waals surface area contributed by atoms with Gasteiger partial charge in [-0.3, -0.25) is 0 Å². The van der Waals surface area contributed by atoms with Crippen LogP contribution in [0.4, 0.5) is 0 Å². The van der Waals surface area contributed by atoms with Crippen molar-refractivity contribution in [2.75, 3.05) is 46.2 Å². The normalized spacial score (nSPS) is 9.90. The predicted molar refractivity (Wildman–Crippen MR) is 106 cm³/mol. The molecule has 0 bridgehead atoms. The summed E-state index contributed by atoms with van der Waals surface area (Å²) in [4.78, 5) is 37.6. The molecule has 0 atom stereocenters. The van der Waals surface area contributed by atoms with Gasteiger partial charge in [0.05, 0.1) is 35.8 Å². The Morgan fingerprint density at radius 2 is 1.23 bits per heavy atom. The van der Waals surface area contributed by atoms with E-state index in [-0.39, 0.29) is 56.3 Å². The van der Waals surface area contributed by atoms with Crippen LogP contribution in [-0.4, -0.2) is 64.2 Å². The Hall–Kier alpha value is -3.33. The molecular weight excluding hydrogens is 396 g/mol. The number of benzene rings is 1. The van der Waals surface area contributed by atoms with E-state index in [0.717, 1.165) is 0 Å². The molecule has 9 nitrogen and oxygen atoms in total. The van der Waals surface area contributed by atoms with Gasteiger partial charge in [-0.1, -0.05) is 19.2 Å². The molecule has 0 saturated carbocycles. The Bertz CT molecular complexity index is 681. The Morgan fingerprint density at radius 3 is 1.70 bits per heavy atom. The second-order valence-electron chi connectivity index (χ2n) is 5.41. The monoisotopic (exact) mass is 422 g/mol. The summed E-state index contributed by atoms with van der Waals surface area (Å²) in [5, 5.41) is 0. The van der Waals surface area contributed by atoms with Crippen molar-refractivity contribution in [2.45, 2.75) is 6.92 Å². The highest BCUT2D eigenvalue weighted by atomic mass is 16.6. The van der Waals surface area contributed by atoms with Crippen LogP contribution >= 0.6 is 0 Å². The fourth-order valence-corrected chi connectivity index (χ4v) is 2.21. The third-order valence-corrected chi connectivity index (χ3v) is 3.48. The van der Waals surface area contributed by atoms with Crippen LogP contribution in [0.1, 0.15) is 38.0 Å². The molecule has 0 radical (unpaired) electrons. The van der Waals surface area contributed by atoms with E-state index in [2.05, 4.69) is 13.2 Å². The van der Waals surface area contributed by atoms with Crippen LogP contribution in [-0.2, 0) is 28.4 Å². The predicted octanol–water partition coefficient (Wildman–Crippen LogP) is 2.51. The van der Waals surface area contributed by atoms with E-state index in [4.69, 9.17) is 28.4 Å². The fourth-order valence-electron chi connectivity index (χ4n) is 2.21. The number of rotatable bonds is 15. The Kier molecular flexibility index (Phi) is 12.1. The van der Waals surface area contributed by atoms with Crippen molar-refractivity contribution >= 4 is 17.9 Å². The molecule has 0 heterocycles. The molecule has 0 aromatic heterocycles. The first-order chi connectivity index (χ1) is 14.6. The van der Waals surface area contributed by atoms with E-state index in [0.29, 0.717) is 6.61 Å². The van der Waals surface area contributed by atoms with Crippen LogP contribution in [0.15, 0.2) is 43.9 Å². The molecule has 0 N–H and O–H groups in total. The van der Waals surface area contributed by atoms with Gasteiger partial charge in [-0.05, 0) is 19.1 Å². The van der Waals surface area contributed by atoms with Crippen molar-refractivity contribution in [2.24, 2.45) is 0 Å². The summed E-state index contributed by atoms with van der Waals surface area (Å²) < 4.78 is 30.2. The van der Waals surface area contributed by atoms with Crippen molar-refractivity contribution in [3.05, 3.63) is 60.6 Å². The van der Waals surface area contributed by atoms with Gasteiger partial charge in [-0.15, -0.1) is 0 Å². The van der Waals surface area contributed by atoms with Gasteiger partial charge >= 0.3 is 17.9 Å². The van der Waals surface area contributed by atoms with Crippen LogP contribution in [0.25, 0.3) is 0 Å². The molecule has 9 heteroatoms. The van der Waals surface area contributed by atoms with Crippen LogP contribution < -0.4 is 0 Å². The highest BCUT2D eigenvalue weighted by Gasteiger charge is 2.27. The maximum absolute atomic E-state index is 12.6. The minimum Gasteiger partial charge on any atom is -0.498 e. The third-order valence-electron chi connectivity index (χ3n) is 3.48. The number of carbonyl (C=O) groups excluding carboxylic acids is 3. The molecule has 30 heavy (non-hydrogen) atoms. The molecule has 0 aliphatic heterocycles. The van der Waals surface area contributed by atoms with E-state index in [1.54, 1.807) is 6.92 Å². The highest BCUT2D eigenvalue weighted by molar-refractivity contribution is 6.10. The lowest BCUT2D eigenvalue weighted by Gasteiger charge is -2.14. The van der Waals surface area contributed by atoms with E-state index in [1.165, 1.54) is 30.7 Å². The average molecular weight is 422 g/mol. The number of hydrogen-bond donors (Lipinski definition) is 0. The summed E-state index contributed by atoms with van der Waals surface area (Å²) >= 11 is 0. The zero-order valence-electron chi connectivity index (χ0n) is 16.9. The van der Waals surface area contributed by atoms with Crippen molar-refractivity contribution < 1.29 is 42.8 Å². The molecule has 1 rings (SSSR count). The van der Waals surface area contributed by atoms with E-state index < -0.39 is 17.9 Å². The van der Waals surface area contributed by atoms with E-state index >= 15 is 0 Å². The zero-order valence-corrected chi connectivity index (χ0v) is 16.9. The molecule has 164 valence electrons. The molecular formula is C21H26O9. The van der Waals surface area contributed by atoms with Gasteiger partial charge in [0.2, 0.25) is 0 Å². The molecule has 0 fully saturated rings. The van der Waals surface area contributed by atoms with E-state index in [9.17, 15) is 14.4 Å². The van der Waals surface area contributed by atoms with Crippen molar-refractivity contribution in [1.82, 2.24) is 0 Å². The lowest BCUT2D eigenvalue weighted by molar-refractivity contribution is 0.0305. The quantitative estimate of drug-likeness (QED) is 0.182. The van der Waals surface area contributed by atoms with Crippen LogP contribution in [0.2, 0.25) is 0 Å². The molecule has 0 amide bonds. The summed E-state index contributed by atoms with van der Waals surface area (Å²) in [5.74, 6) is -2.51. The number of esters is 3. The molecule has 0 aliphatic rings. The van der Waals surface area contributed by atoms with Gasteiger partial charge in [-0.2, -0.15) is 0 Å². The molecule has 0 saturated heterocycles. The van der Waals surface area contributed by atoms with Crippen LogP contribution in [0.3, 0.4) is 0 Å². The Labute approximate surface area is 175 Å². The Balaban J connectivity index is 3.05. The largest absolute Gasteiger partial charge is 0.498 e. The molecule has 0 spiro atoms. The molecule has 1 aromatic carbocycles. The summed E-state index contributed by atoms with van der Waals surface area (Å²) in [7, 11) is 0. The number of ether oxygens (including phenoxy) is 6. The smallest absolute Gasteiger partial charge is 0.339 e. The van der Waals surface area contributed by atoms with Gasteiger partial charge in [-0.25, -0.2) is 14.4 Å². The Morgan fingerprint density at radius 1 is 0.767 bits per heavy atom. The van der Waals surface area contributed by atoms with Crippen molar-refractivity contribution in [3.8, 4) is 0 Å². The maximum atomic E-state index is 12.6. The van der Waals surface area contributed by atoms with Crippen LogP contribution in [0, 0.1) is 0 Å². The third kappa shape index (κ3) is 8.36. The summed E-state index contributed by atoms with van der Waals surface area (Å²) in [6.07, 6.45) is 2.42. The highest BCUT2D eigenvalue weighted by Crippen LogP contribution is 2.19. The lowest BCUT2D eigenvalue weighted by Crippen LogP contribution is -2.22. The van der Waals surface area contributed by atoms with Crippen molar-refractivity contribution in [1.29, 1.82) is 0 Å². The minimum atomic E-state index is -0.876. The zero-order chi connectivity index (χ0) is 22.2. The summed E-state index contributed by atoms with van der Waals surface area (Å²) in [5.41, 5.74) is -0.517. The molecule has 1 aromatic rings. The van der Waals surface area contributed by atoms with Crippen LogP contribution in [0.5, 0.6) is 0 Å². The second kappa shape index (κ2) is 14.6. The first kappa shape index (κ1) is 24.7. The standard InChI is InChI=1S/C21H26O9/c1-4-25-10-13-28-19(22)16-8-7-9-17(20(23)29-14-11-26-5-2)18(16)21(24)30-15-12-27-6-3/h4-5,7-9H,1-2,6,10-15H2,3H3. The number of carbonyl (C=O) groups is 3. The van der Waals surface area contributed by atoms with Gasteiger partial charge in [0, 0.05) is 6.61 Å². The molecule has 0 aliphatic carbocycles. The fraction of sp³-hybridized carbons (Fsp3) is 0.381. The SMILES string of the molecule is C=COCCOC(=O)c1cccc(C(=O)OCCOC=C)c1C(=O)OCCOCC. The number of hydrogen-bond acceptors (Lipinski definition) is 9. The first-order valence-corrected chi connectivity index (χ1v) is 9.23. The maximum Gasteiger partial charge on any atom is 0.339 e. The van der Waals surface area contributed by atoms with Crippen molar-refractivity contribution in [3.63, 3.8) is 0 Å². The lowest BCUT2D eigenvalue weighted by atomic mass is 10.0. The second-order valence-corrected chi connectivity index (χ2v) is 5.41. The van der Waals surface area contributed by atoms with Gasteiger partial charge in [0.1, 0.15) is 33.0 Å².